The standard InChI is InChI=1S/C20H14ClN3OS/c21-14-3-1-2-13(10-14)20(25)24-15-6-4-12(5-7-15)16-11-26-17-8-9-23-19(22)18(16)17/h1-11H,(H2,22,23)(H,24,25). The number of nitrogens with zero attached hydrogens (tertiary/aromatic N) is 1. The SMILES string of the molecule is Nc1nccc2scc(-c3ccc(NC(=O)c4cccc(Cl)c4)cc3)c12. The molecule has 2 aromatic heterocycles. The van der Waals surface area contributed by atoms with E-state index < -0.39 is 0 Å². The van der Waals surface area contributed by atoms with Gasteiger partial charge in [-0.25, -0.2) is 4.98 Å². The van der Waals surface area contributed by atoms with Crippen molar-refractivity contribution in [2.75, 3.05) is 11.1 Å². The maximum absolute atomic E-state index is 12.3. The second kappa shape index (κ2) is 6.78. The molecule has 128 valence electrons. The van der Waals surface area contributed by atoms with Gasteiger partial charge in [-0.3, -0.25) is 4.79 Å². The van der Waals surface area contributed by atoms with E-state index in [0.717, 1.165) is 21.2 Å². The lowest BCUT2D eigenvalue weighted by Gasteiger charge is -2.07. The second-order valence-corrected chi connectivity index (χ2v) is 7.11. The van der Waals surface area contributed by atoms with E-state index in [0.29, 0.717) is 22.1 Å². The lowest BCUT2D eigenvalue weighted by Crippen LogP contribution is -2.11. The summed E-state index contributed by atoms with van der Waals surface area (Å²) in [5.74, 6) is 0.326. The Kier molecular flexibility index (Phi) is 4.32. The van der Waals surface area contributed by atoms with Gasteiger partial charge >= 0.3 is 0 Å². The molecule has 0 saturated heterocycles. The normalized spacial score (nSPS) is 10.8. The first kappa shape index (κ1) is 16.6. The van der Waals surface area contributed by atoms with Crippen molar-refractivity contribution in [3.05, 3.63) is 76.8 Å². The zero-order valence-corrected chi connectivity index (χ0v) is 15.1. The number of rotatable bonds is 3. The molecule has 0 spiro atoms. The number of hydrogen-bond acceptors (Lipinski definition) is 4. The number of fused-ring (bicyclic) bond motifs is 1. The number of nitrogen functional groups attached to an aromatic ring is 1. The maximum Gasteiger partial charge on any atom is 0.255 e. The van der Waals surface area contributed by atoms with Crippen LogP contribution < -0.4 is 11.1 Å². The van der Waals surface area contributed by atoms with Gasteiger partial charge in [0, 0.05) is 38.1 Å². The molecule has 0 saturated carbocycles. The van der Waals surface area contributed by atoms with Crippen molar-refractivity contribution in [3.63, 3.8) is 0 Å². The number of benzene rings is 2. The highest BCUT2D eigenvalue weighted by atomic mass is 35.5. The minimum Gasteiger partial charge on any atom is -0.383 e. The summed E-state index contributed by atoms with van der Waals surface area (Å²) in [6.07, 6.45) is 1.71. The first-order valence-corrected chi connectivity index (χ1v) is 9.16. The molecule has 6 heteroatoms. The number of anilines is 2. The molecule has 3 N–H and O–H groups in total. The lowest BCUT2D eigenvalue weighted by atomic mass is 10.0. The fourth-order valence-corrected chi connectivity index (χ4v) is 3.95. The highest BCUT2D eigenvalue weighted by Gasteiger charge is 2.11. The van der Waals surface area contributed by atoms with Crippen molar-refractivity contribution in [1.82, 2.24) is 4.98 Å². The predicted molar refractivity (Wildman–Crippen MR) is 109 cm³/mol. The lowest BCUT2D eigenvalue weighted by molar-refractivity contribution is 0.102. The first-order chi connectivity index (χ1) is 12.6. The number of hydrogen-bond donors (Lipinski definition) is 2. The number of carbonyl (C=O) groups is 1. The van der Waals surface area contributed by atoms with Crippen molar-refractivity contribution in [1.29, 1.82) is 0 Å². The minimum atomic E-state index is -0.199. The fourth-order valence-electron chi connectivity index (χ4n) is 2.79. The number of pyridine rings is 1. The van der Waals surface area contributed by atoms with Gasteiger partial charge in [-0.15, -0.1) is 11.3 Å². The minimum absolute atomic E-state index is 0.199. The summed E-state index contributed by atoms with van der Waals surface area (Å²) in [6.45, 7) is 0. The molecule has 0 atom stereocenters. The van der Waals surface area contributed by atoms with Gasteiger partial charge in [0.1, 0.15) is 5.82 Å². The van der Waals surface area contributed by atoms with E-state index >= 15 is 0 Å². The van der Waals surface area contributed by atoms with Gasteiger partial charge in [0.2, 0.25) is 0 Å². The maximum atomic E-state index is 12.3. The molecule has 0 unspecified atom stereocenters. The smallest absolute Gasteiger partial charge is 0.255 e. The van der Waals surface area contributed by atoms with Gasteiger partial charge in [0.05, 0.1) is 0 Å². The summed E-state index contributed by atoms with van der Waals surface area (Å²) in [7, 11) is 0. The third-order valence-electron chi connectivity index (χ3n) is 4.06. The van der Waals surface area contributed by atoms with Crippen molar-refractivity contribution in [2.45, 2.75) is 0 Å². The summed E-state index contributed by atoms with van der Waals surface area (Å²) in [4.78, 5) is 16.5. The predicted octanol–water partition coefficient (Wildman–Crippen LogP) is 5.45. The van der Waals surface area contributed by atoms with Gasteiger partial charge < -0.3 is 11.1 Å². The van der Waals surface area contributed by atoms with Crippen LogP contribution in [0.25, 0.3) is 21.2 Å². The van der Waals surface area contributed by atoms with Gasteiger partial charge in [-0.05, 0) is 47.3 Å². The number of halogens is 1. The van der Waals surface area contributed by atoms with Crippen LogP contribution in [0.4, 0.5) is 11.5 Å². The van der Waals surface area contributed by atoms with Crippen LogP contribution in [0.1, 0.15) is 10.4 Å². The number of amides is 1. The molecule has 4 nitrogen and oxygen atoms in total. The van der Waals surface area contributed by atoms with Crippen LogP contribution >= 0.6 is 22.9 Å². The van der Waals surface area contributed by atoms with Crippen molar-refractivity contribution >= 4 is 50.4 Å². The molecular formula is C20H14ClN3OS. The van der Waals surface area contributed by atoms with Crippen LogP contribution in [-0.4, -0.2) is 10.9 Å². The summed E-state index contributed by atoms with van der Waals surface area (Å²) in [5, 5.41) is 6.44. The number of nitrogens with two attached hydrogens (primary N) is 1. The molecule has 2 aromatic carbocycles. The van der Waals surface area contributed by atoms with E-state index in [1.54, 1.807) is 41.8 Å². The van der Waals surface area contributed by atoms with Gasteiger partial charge in [-0.2, -0.15) is 0 Å². The Labute approximate surface area is 159 Å². The molecule has 0 radical (unpaired) electrons. The highest BCUT2D eigenvalue weighted by Crippen LogP contribution is 2.36. The molecule has 4 rings (SSSR count). The fraction of sp³-hybridized carbons (Fsp3) is 0. The van der Waals surface area contributed by atoms with Gasteiger partial charge in [-0.1, -0.05) is 29.8 Å². The molecule has 0 aliphatic heterocycles. The summed E-state index contributed by atoms with van der Waals surface area (Å²) in [6, 6.07) is 16.5. The van der Waals surface area contributed by atoms with Crippen molar-refractivity contribution in [3.8, 4) is 11.1 Å². The molecule has 0 fully saturated rings. The van der Waals surface area contributed by atoms with E-state index in [9.17, 15) is 4.79 Å². The van der Waals surface area contributed by atoms with Crippen molar-refractivity contribution in [2.24, 2.45) is 0 Å². The Morgan fingerprint density at radius 3 is 2.69 bits per heavy atom. The van der Waals surface area contributed by atoms with Gasteiger partial charge in [0.25, 0.3) is 5.91 Å². The average molecular weight is 380 g/mol. The molecule has 2 heterocycles. The zero-order valence-electron chi connectivity index (χ0n) is 13.6. The molecule has 26 heavy (non-hydrogen) atoms. The second-order valence-electron chi connectivity index (χ2n) is 5.76. The van der Waals surface area contributed by atoms with E-state index in [2.05, 4.69) is 15.7 Å². The Hall–Kier alpha value is -2.89. The molecule has 0 aliphatic rings. The van der Waals surface area contributed by atoms with Crippen LogP contribution in [0.3, 0.4) is 0 Å². The van der Waals surface area contributed by atoms with Crippen LogP contribution in [0.5, 0.6) is 0 Å². The van der Waals surface area contributed by atoms with E-state index in [1.165, 1.54) is 0 Å². The Balaban J connectivity index is 1.60. The van der Waals surface area contributed by atoms with Crippen molar-refractivity contribution < 1.29 is 4.79 Å². The Bertz CT molecular complexity index is 1110. The number of nitrogens with one attached hydrogen (secondary N) is 1. The Morgan fingerprint density at radius 1 is 1.12 bits per heavy atom. The third kappa shape index (κ3) is 3.14. The molecule has 1 amide bonds. The quantitative estimate of drug-likeness (QED) is 0.497. The summed E-state index contributed by atoms with van der Waals surface area (Å²) >= 11 is 7.57. The molecule has 0 bridgehead atoms. The van der Waals surface area contributed by atoms with E-state index in [-0.39, 0.29) is 5.91 Å². The van der Waals surface area contributed by atoms with Crippen LogP contribution in [0.2, 0.25) is 5.02 Å². The zero-order chi connectivity index (χ0) is 18.1. The highest BCUT2D eigenvalue weighted by molar-refractivity contribution is 7.17. The van der Waals surface area contributed by atoms with Gasteiger partial charge in [0.15, 0.2) is 0 Å². The summed E-state index contributed by atoms with van der Waals surface area (Å²) in [5.41, 5.74) is 9.34. The molecule has 4 aromatic rings. The van der Waals surface area contributed by atoms with Crippen LogP contribution in [-0.2, 0) is 0 Å². The largest absolute Gasteiger partial charge is 0.383 e. The van der Waals surface area contributed by atoms with E-state index in [1.807, 2.05) is 30.3 Å². The summed E-state index contributed by atoms with van der Waals surface area (Å²) < 4.78 is 1.10. The van der Waals surface area contributed by atoms with Crippen LogP contribution in [0.15, 0.2) is 66.2 Å². The molecular weight excluding hydrogens is 366 g/mol. The number of carbonyl (C=O) groups excluding carboxylic acids is 1. The monoisotopic (exact) mass is 379 g/mol. The number of aromatic nitrogens is 1. The Morgan fingerprint density at radius 2 is 1.92 bits per heavy atom. The topological polar surface area (TPSA) is 68.0 Å². The van der Waals surface area contributed by atoms with E-state index in [4.69, 9.17) is 17.3 Å². The average Bonchev–Trinajstić information content (AvgIpc) is 3.08. The first-order valence-electron chi connectivity index (χ1n) is 7.91. The third-order valence-corrected chi connectivity index (χ3v) is 5.24. The molecule has 0 aliphatic carbocycles. The van der Waals surface area contributed by atoms with Crippen LogP contribution in [0, 0.1) is 0 Å². The number of thiophene rings is 1.